The molecule has 1 aliphatic rings. The maximum Gasteiger partial charge on any atom is 0.138 e. The van der Waals surface area contributed by atoms with E-state index in [4.69, 9.17) is 9.47 Å². The number of alkyl halides is 2. The number of hydrogen-bond acceptors (Lipinski definition) is 2. The van der Waals surface area contributed by atoms with Gasteiger partial charge >= 0.3 is 0 Å². The molecule has 5 heteroatoms. The zero-order valence-electron chi connectivity index (χ0n) is 14.4. The highest BCUT2D eigenvalue weighted by molar-refractivity contribution is 14.2. The third-order valence-electron chi connectivity index (χ3n) is 4.01. The van der Waals surface area contributed by atoms with E-state index in [1.54, 1.807) is 13.2 Å². The van der Waals surface area contributed by atoms with Gasteiger partial charge in [-0.15, -0.1) is 0 Å². The molecule has 0 fully saturated rings. The molecule has 0 amide bonds. The molecule has 0 saturated carbocycles. The van der Waals surface area contributed by atoms with Crippen molar-refractivity contribution in [3.05, 3.63) is 24.3 Å². The maximum absolute atomic E-state index is 14.6. The van der Waals surface area contributed by atoms with E-state index in [1.165, 1.54) is 0 Å². The minimum atomic E-state index is -0.869. The highest BCUT2D eigenvalue weighted by Gasteiger charge is 2.33. The summed E-state index contributed by atoms with van der Waals surface area (Å²) in [5, 5.41) is 0. The molecule has 0 saturated heterocycles. The zero-order chi connectivity index (χ0) is 17.3. The normalized spacial score (nSPS) is 27.1. The van der Waals surface area contributed by atoms with Crippen LogP contribution in [0.25, 0.3) is 0 Å². The predicted octanol–water partition coefficient (Wildman–Crippen LogP) is 5.49. The molecule has 0 aromatic rings. The molecule has 1 aliphatic heterocycles. The monoisotopic (exact) mass is 442 g/mol. The fraction of sp³-hybridized carbons (Fsp3) is 0.722. The molecular formula is C18H29F2IO2. The lowest BCUT2D eigenvalue weighted by Gasteiger charge is -2.32. The average Bonchev–Trinajstić information content (AvgIpc) is 2.50. The molecule has 1 rings (SSSR count). The van der Waals surface area contributed by atoms with Gasteiger partial charge in [-0.05, 0) is 45.1 Å². The molecule has 2 unspecified atom stereocenters. The Bertz CT molecular complexity index is 437. The van der Waals surface area contributed by atoms with E-state index in [0.717, 1.165) is 18.4 Å². The second kappa shape index (κ2) is 10.7. The first-order valence-electron chi connectivity index (χ1n) is 8.23. The molecule has 0 aromatic carbocycles. The van der Waals surface area contributed by atoms with Crippen molar-refractivity contribution in [1.29, 1.82) is 0 Å². The topological polar surface area (TPSA) is 18.5 Å². The van der Waals surface area contributed by atoms with Crippen LogP contribution in [-0.2, 0) is 9.47 Å². The summed E-state index contributed by atoms with van der Waals surface area (Å²) < 4.78 is 38.6. The second-order valence-electron chi connectivity index (χ2n) is 5.87. The molecule has 3 atom stereocenters. The second-order valence-corrected chi connectivity index (χ2v) is 9.73. The largest absolute Gasteiger partial charge is 0.385 e. The van der Waals surface area contributed by atoms with Gasteiger partial charge in [-0.2, -0.15) is 0 Å². The van der Waals surface area contributed by atoms with E-state index < -0.39 is 26.9 Å². The number of allylic oxidation sites excluding steroid dienone is 3. The van der Waals surface area contributed by atoms with Gasteiger partial charge in [0.15, 0.2) is 0 Å². The van der Waals surface area contributed by atoms with Crippen LogP contribution in [-0.4, -0.2) is 33.9 Å². The van der Waals surface area contributed by atoms with Crippen LogP contribution in [0.1, 0.15) is 46.0 Å². The van der Waals surface area contributed by atoms with Crippen LogP contribution in [0.3, 0.4) is 0 Å². The van der Waals surface area contributed by atoms with Crippen LogP contribution in [0.15, 0.2) is 24.3 Å². The Hall–Kier alpha value is -0.140. The molecule has 0 N–H and O–H groups in total. The molecular weight excluding hydrogens is 413 g/mol. The Balaban J connectivity index is 2.64. The van der Waals surface area contributed by atoms with E-state index in [-0.39, 0.29) is 13.3 Å². The van der Waals surface area contributed by atoms with Gasteiger partial charge in [0.05, 0.1) is 0 Å². The van der Waals surface area contributed by atoms with Crippen molar-refractivity contribution in [2.24, 2.45) is 5.92 Å². The number of hydrogen-bond donors (Lipinski definition) is 0. The summed E-state index contributed by atoms with van der Waals surface area (Å²) in [4.78, 5) is 0. The van der Waals surface area contributed by atoms with E-state index in [9.17, 15) is 8.78 Å². The number of halogens is 3. The Morgan fingerprint density at radius 2 is 2.26 bits per heavy atom. The third-order valence-corrected chi connectivity index (χ3v) is 7.27. The van der Waals surface area contributed by atoms with Crippen molar-refractivity contribution >= 4 is 24.5 Å². The molecule has 0 aromatic heterocycles. The predicted molar refractivity (Wildman–Crippen MR) is 102 cm³/mol. The van der Waals surface area contributed by atoms with Crippen LogP contribution in [0, 0.1) is 5.92 Å². The van der Waals surface area contributed by atoms with Gasteiger partial charge in [-0.25, -0.2) is 8.78 Å². The van der Waals surface area contributed by atoms with Crippen LogP contribution in [0.2, 0.25) is 0 Å². The fourth-order valence-electron chi connectivity index (χ4n) is 2.70. The third kappa shape index (κ3) is 7.10. The highest BCUT2D eigenvalue weighted by atomic mass is 127. The molecule has 134 valence electrons. The number of methoxy groups -OCH3 is 1. The van der Waals surface area contributed by atoms with Crippen LogP contribution in [0.4, 0.5) is 8.78 Å². The summed E-state index contributed by atoms with van der Waals surface area (Å²) in [5.41, 5.74) is 0.902. The lowest BCUT2D eigenvalue weighted by atomic mass is 9.92. The van der Waals surface area contributed by atoms with Crippen molar-refractivity contribution in [2.45, 2.75) is 55.7 Å². The smallest absolute Gasteiger partial charge is 0.138 e. The van der Waals surface area contributed by atoms with Crippen molar-refractivity contribution < 1.29 is 18.3 Å². The minimum absolute atomic E-state index is 0.0633. The SMILES string of the molecule is C=C/C(=C\CCC(F)CCOC)C1CC[C@](C)(OCC)I=C1F. The van der Waals surface area contributed by atoms with Crippen LogP contribution < -0.4 is 0 Å². The van der Waals surface area contributed by atoms with Crippen molar-refractivity contribution in [3.8, 4) is 0 Å². The summed E-state index contributed by atoms with van der Waals surface area (Å²) in [6.45, 7) is 8.83. The maximum atomic E-state index is 14.6. The van der Waals surface area contributed by atoms with Gasteiger partial charge in [-0.3, -0.25) is 0 Å². The summed E-state index contributed by atoms with van der Waals surface area (Å²) in [7, 11) is 1.57. The van der Waals surface area contributed by atoms with Crippen molar-refractivity contribution in [1.82, 2.24) is 0 Å². The molecule has 0 bridgehead atoms. The average molecular weight is 442 g/mol. The molecule has 0 radical (unpaired) electrons. The quantitative estimate of drug-likeness (QED) is 0.253. The molecule has 0 spiro atoms. The summed E-state index contributed by atoms with van der Waals surface area (Å²) >= 11 is -0.772. The number of rotatable bonds is 10. The van der Waals surface area contributed by atoms with E-state index in [0.29, 0.717) is 32.5 Å². The van der Waals surface area contributed by atoms with E-state index in [1.807, 2.05) is 19.9 Å². The molecule has 0 aliphatic carbocycles. The van der Waals surface area contributed by atoms with E-state index >= 15 is 0 Å². The van der Waals surface area contributed by atoms with Crippen molar-refractivity contribution in [2.75, 3.05) is 20.3 Å². The Kier molecular flexibility index (Phi) is 9.70. The van der Waals surface area contributed by atoms with Gasteiger partial charge in [0.25, 0.3) is 0 Å². The Morgan fingerprint density at radius 3 is 2.83 bits per heavy atom. The van der Waals surface area contributed by atoms with Gasteiger partial charge in [0, 0.05) is 32.7 Å². The summed E-state index contributed by atoms with van der Waals surface area (Å²) in [6, 6.07) is 0. The van der Waals surface area contributed by atoms with E-state index in [2.05, 4.69) is 6.58 Å². The van der Waals surface area contributed by atoms with Gasteiger partial charge < -0.3 is 9.47 Å². The highest BCUT2D eigenvalue weighted by Crippen LogP contribution is 2.42. The Morgan fingerprint density at radius 1 is 1.52 bits per heavy atom. The minimum Gasteiger partial charge on any atom is -0.385 e. The first-order chi connectivity index (χ1) is 11.0. The van der Waals surface area contributed by atoms with Gasteiger partial charge in [-0.1, -0.05) is 39.5 Å². The van der Waals surface area contributed by atoms with Gasteiger partial charge in [0.2, 0.25) is 0 Å². The summed E-state index contributed by atoms with van der Waals surface area (Å²) in [5.74, 6) is -0.175. The summed E-state index contributed by atoms with van der Waals surface area (Å²) in [6.07, 6.45) is 5.88. The lowest BCUT2D eigenvalue weighted by Crippen LogP contribution is -2.29. The van der Waals surface area contributed by atoms with Gasteiger partial charge in [0.1, 0.15) is 13.5 Å². The molecule has 1 heterocycles. The Labute approximate surface area is 149 Å². The first kappa shape index (κ1) is 20.9. The first-order valence-corrected chi connectivity index (χ1v) is 10.4. The zero-order valence-corrected chi connectivity index (χ0v) is 16.6. The van der Waals surface area contributed by atoms with Crippen LogP contribution >= 0.6 is 20.7 Å². The fourth-order valence-corrected chi connectivity index (χ4v) is 5.88. The number of ether oxygens (including phenoxy) is 2. The lowest BCUT2D eigenvalue weighted by molar-refractivity contribution is 0.0529. The van der Waals surface area contributed by atoms with Crippen LogP contribution in [0.5, 0.6) is 0 Å². The molecule has 23 heavy (non-hydrogen) atoms. The van der Waals surface area contributed by atoms with Crippen molar-refractivity contribution in [3.63, 3.8) is 0 Å². The standard InChI is InChI=1S/C18H29F2IO2/c1-5-14(8-7-9-15(19)11-13-22-4)16-10-12-18(3,23-6-2)21-17(16)20/h5,8,15-16H,1,6-7,9-13H2,2-4H3/b14-8+/t15?,16?,18-/m0/s1. The molecule has 2 nitrogen and oxygen atoms in total.